The number of hydrogen-bond donors (Lipinski definition) is 0. The third-order valence-corrected chi connectivity index (χ3v) is 5.47. The molecule has 0 bridgehead atoms. The summed E-state index contributed by atoms with van der Waals surface area (Å²) < 4.78 is 7.68. The quantitative estimate of drug-likeness (QED) is 0.669. The highest BCUT2D eigenvalue weighted by Gasteiger charge is 2.19. The van der Waals surface area contributed by atoms with Crippen LogP contribution in [0.3, 0.4) is 0 Å². The summed E-state index contributed by atoms with van der Waals surface area (Å²) in [6.45, 7) is 11.1. The summed E-state index contributed by atoms with van der Waals surface area (Å²) in [5.41, 5.74) is 6.19. The Labute approximate surface area is 167 Å². The molecule has 0 aliphatic carbocycles. The average Bonchev–Trinajstić information content (AvgIpc) is 3.05. The van der Waals surface area contributed by atoms with Gasteiger partial charge in [-0.05, 0) is 41.7 Å². The molecule has 5 nitrogen and oxygen atoms in total. The van der Waals surface area contributed by atoms with Crippen molar-refractivity contribution in [3.05, 3.63) is 65.6 Å². The Morgan fingerprint density at radius 2 is 1.71 bits per heavy atom. The van der Waals surface area contributed by atoms with Gasteiger partial charge in [-0.2, -0.15) is 0 Å². The molecule has 4 rings (SSSR count). The molecule has 0 unspecified atom stereocenters. The molecule has 3 aromatic rings. The second-order valence-electron chi connectivity index (χ2n) is 7.69. The Morgan fingerprint density at radius 1 is 1.04 bits per heavy atom. The Kier molecular flexibility index (Phi) is 5.55. The molecular formula is C23H28N4O. The second kappa shape index (κ2) is 8.25. The summed E-state index contributed by atoms with van der Waals surface area (Å²) in [4.78, 5) is 11.5. The van der Waals surface area contributed by atoms with Gasteiger partial charge in [0.25, 0.3) is 0 Å². The summed E-state index contributed by atoms with van der Waals surface area (Å²) in [7, 11) is 0. The minimum atomic E-state index is 0.525. The van der Waals surface area contributed by atoms with Crippen molar-refractivity contribution in [2.45, 2.75) is 33.2 Å². The Bertz CT molecular complexity index is 910. The van der Waals surface area contributed by atoms with Crippen molar-refractivity contribution in [2.24, 2.45) is 0 Å². The highest BCUT2D eigenvalue weighted by atomic mass is 16.5. The zero-order chi connectivity index (χ0) is 19.5. The fourth-order valence-corrected chi connectivity index (χ4v) is 3.73. The SMILES string of the molecule is Cc1c(CN2CCOCC2)cc(-c2ccc(C(C)C)cc2)n1-c1ncccn1. The summed E-state index contributed by atoms with van der Waals surface area (Å²) >= 11 is 0. The van der Waals surface area contributed by atoms with Gasteiger partial charge in [-0.25, -0.2) is 9.97 Å². The van der Waals surface area contributed by atoms with Gasteiger partial charge < -0.3 is 4.74 Å². The smallest absolute Gasteiger partial charge is 0.234 e. The van der Waals surface area contributed by atoms with Crippen LogP contribution in [0.25, 0.3) is 17.2 Å². The zero-order valence-electron chi connectivity index (χ0n) is 16.9. The van der Waals surface area contributed by atoms with Crippen molar-refractivity contribution in [3.63, 3.8) is 0 Å². The standard InChI is InChI=1S/C23H28N4O/c1-17(2)19-5-7-20(8-6-19)22-15-21(16-26-11-13-28-14-12-26)18(3)27(22)23-24-9-4-10-25-23/h4-10,15,17H,11-14,16H2,1-3H3. The van der Waals surface area contributed by atoms with E-state index in [1.807, 2.05) is 6.07 Å². The molecular weight excluding hydrogens is 348 g/mol. The van der Waals surface area contributed by atoms with Crippen molar-refractivity contribution < 1.29 is 4.74 Å². The molecule has 0 atom stereocenters. The lowest BCUT2D eigenvalue weighted by Crippen LogP contribution is -2.35. The van der Waals surface area contributed by atoms with Gasteiger partial charge in [0.05, 0.1) is 18.9 Å². The highest BCUT2D eigenvalue weighted by molar-refractivity contribution is 5.65. The van der Waals surface area contributed by atoms with Crippen molar-refractivity contribution in [3.8, 4) is 17.2 Å². The lowest BCUT2D eigenvalue weighted by molar-refractivity contribution is 0.0341. The molecule has 1 aliphatic heterocycles. The van der Waals surface area contributed by atoms with Gasteiger partial charge in [-0.3, -0.25) is 9.47 Å². The molecule has 28 heavy (non-hydrogen) atoms. The largest absolute Gasteiger partial charge is 0.379 e. The van der Waals surface area contributed by atoms with Crippen LogP contribution in [-0.4, -0.2) is 45.7 Å². The molecule has 0 amide bonds. The summed E-state index contributed by atoms with van der Waals surface area (Å²) in [6, 6.07) is 13.0. The fraction of sp³-hybridized carbons (Fsp3) is 0.391. The number of nitrogens with zero attached hydrogens (tertiary/aromatic N) is 4. The summed E-state index contributed by atoms with van der Waals surface area (Å²) in [6.07, 6.45) is 3.60. The van der Waals surface area contributed by atoms with E-state index in [-0.39, 0.29) is 0 Å². The summed E-state index contributed by atoms with van der Waals surface area (Å²) in [5.74, 6) is 1.24. The molecule has 1 saturated heterocycles. The number of rotatable bonds is 5. The van der Waals surface area contributed by atoms with Gasteiger partial charge in [-0.15, -0.1) is 0 Å². The normalized spacial score (nSPS) is 15.3. The lowest BCUT2D eigenvalue weighted by atomic mass is 10.0. The van der Waals surface area contributed by atoms with Crippen LogP contribution in [0.2, 0.25) is 0 Å². The number of ether oxygens (including phenoxy) is 1. The number of aromatic nitrogens is 3. The number of morpholine rings is 1. The Hall–Kier alpha value is -2.50. The maximum atomic E-state index is 5.50. The first kappa shape index (κ1) is 18.8. The first-order chi connectivity index (χ1) is 13.6. The molecule has 1 aromatic carbocycles. The van der Waals surface area contributed by atoms with Crippen LogP contribution < -0.4 is 0 Å². The Balaban J connectivity index is 1.76. The van der Waals surface area contributed by atoms with Crippen LogP contribution in [0.4, 0.5) is 0 Å². The van der Waals surface area contributed by atoms with Crippen molar-refractivity contribution in [1.29, 1.82) is 0 Å². The maximum absolute atomic E-state index is 5.50. The molecule has 1 fully saturated rings. The van der Waals surface area contributed by atoms with Gasteiger partial charge in [-0.1, -0.05) is 38.1 Å². The van der Waals surface area contributed by atoms with Gasteiger partial charge in [0.15, 0.2) is 0 Å². The van der Waals surface area contributed by atoms with Crippen LogP contribution >= 0.6 is 0 Å². The molecule has 0 spiro atoms. The molecule has 146 valence electrons. The minimum Gasteiger partial charge on any atom is -0.379 e. The monoisotopic (exact) mass is 376 g/mol. The fourth-order valence-electron chi connectivity index (χ4n) is 3.73. The van der Waals surface area contributed by atoms with Crippen LogP contribution in [0.1, 0.15) is 36.6 Å². The topological polar surface area (TPSA) is 43.2 Å². The predicted molar refractivity (Wildman–Crippen MR) is 112 cm³/mol. The predicted octanol–water partition coefficient (Wildman–Crippen LogP) is 4.20. The average molecular weight is 377 g/mol. The van der Waals surface area contributed by atoms with Crippen molar-refractivity contribution >= 4 is 0 Å². The van der Waals surface area contributed by atoms with E-state index in [9.17, 15) is 0 Å². The molecule has 0 radical (unpaired) electrons. The Morgan fingerprint density at radius 3 is 2.36 bits per heavy atom. The van der Waals surface area contributed by atoms with Crippen molar-refractivity contribution in [2.75, 3.05) is 26.3 Å². The zero-order valence-corrected chi connectivity index (χ0v) is 16.9. The molecule has 3 heterocycles. The van der Waals surface area contributed by atoms with Gasteiger partial charge in [0.2, 0.25) is 5.95 Å². The van der Waals surface area contributed by atoms with E-state index < -0.39 is 0 Å². The third kappa shape index (κ3) is 3.86. The van der Waals surface area contributed by atoms with Crippen LogP contribution in [-0.2, 0) is 11.3 Å². The third-order valence-electron chi connectivity index (χ3n) is 5.47. The van der Waals surface area contributed by atoms with Crippen LogP contribution in [0.15, 0.2) is 48.8 Å². The van der Waals surface area contributed by atoms with E-state index in [0.29, 0.717) is 5.92 Å². The molecule has 2 aromatic heterocycles. The summed E-state index contributed by atoms with van der Waals surface area (Å²) in [5, 5.41) is 0. The van der Waals surface area contributed by atoms with Crippen LogP contribution in [0, 0.1) is 6.92 Å². The first-order valence-electron chi connectivity index (χ1n) is 10.0. The molecule has 0 saturated carbocycles. The molecule has 5 heteroatoms. The number of hydrogen-bond acceptors (Lipinski definition) is 4. The van der Waals surface area contributed by atoms with E-state index in [1.165, 1.54) is 22.4 Å². The maximum Gasteiger partial charge on any atom is 0.234 e. The second-order valence-corrected chi connectivity index (χ2v) is 7.69. The van der Waals surface area contributed by atoms with E-state index in [4.69, 9.17) is 4.74 Å². The molecule has 1 aliphatic rings. The van der Waals surface area contributed by atoms with E-state index >= 15 is 0 Å². The van der Waals surface area contributed by atoms with Crippen LogP contribution in [0.5, 0.6) is 0 Å². The van der Waals surface area contributed by atoms with Gasteiger partial charge in [0.1, 0.15) is 0 Å². The highest BCUT2D eigenvalue weighted by Crippen LogP contribution is 2.30. The minimum absolute atomic E-state index is 0.525. The van der Waals surface area contributed by atoms with E-state index in [2.05, 4.69) is 70.5 Å². The first-order valence-corrected chi connectivity index (χ1v) is 10.0. The lowest BCUT2D eigenvalue weighted by Gasteiger charge is -2.26. The van der Waals surface area contributed by atoms with E-state index in [1.54, 1.807) is 12.4 Å². The molecule has 0 N–H and O–H groups in total. The number of benzene rings is 1. The van der Waals surface area contributed by atoms with E-state index in [0.717, 1.165) is 44.5 Å². The van der Waals surface area contributed by atoms with Gasteiger partial charge in [0, 0.05) is 37.7 Å². The van der Waals surface area contributed by atoms with Gasteiger partial charge >= 0.3 is 0 Å². The van der Waals surface area contributed by atoms with Crippen molar-refractivity contribution in [1.82, 2.24) is 19.4 Å².